The summed E-state index contributed by atoms with van der Waals surface area (Å²) in [5.74, 6) is 1.41. The number of halogens is 1. The van der Waals surface area contributed by atoms with Gasteiger partial charge in [0.05, 0.1) is 13.3 Å². The van der Waals surface area contributed by atoms with Gasteiger partial charge in [0.1, 0.15) is 12.4 Å². The van der Waals surface area contributed by atoms with Crippen molar-refractivity contribution in [2.75, 3.05) is 7.11 Å². The molecule has 6 nitrogen and oxygen atoms in total. The van der Waals surface area contributed by atoms with Crippen molar-refractivity contribution in [2.24, 2.45) is 5.10 Å². The Bertz CT molecular complexity index is 1110. The molecule has 3 aromatic carbocycles. The molecule has 7 heteroatoms. The molecule has 0 aliphatic carbocycles. The Balaban J connectivity index is 1.57. The van der Waals surface area contributed by atoms with Crippen LogP contribution in [0.5, 0.6) is 17.2 Å². The zero-order chi connectivity index (χ0) is 23.8. The molecule has 0 heterocycles. The molecule has 0 aliphatic heterocycles. The van der Waals surface area contributed by atoms with Gasteiger partial charge in [-0.25, -0.2) is 5.43 Å². The number of ether oxygens (including phenoxy) is 3. The number of rotatable bonds is 9. The number of carbonyl (C=O) groups excluding carboxylic acids is 1. The van der Waals surface area contributed by atoms with E-state index in [0.717, 1.165) is 22.3 Å². The van der Waals surface area contributed by atoms with Crippen LogP contribution in [0, 0.1) is 13.8 Å². The fourth-order valence-corrected chi connectivity index (χ4v) is 3.22. The van der Waals surface area contributed by atoms with E-state index in [1.54, 1.807) is 32.2 Å². The number of hydrazone groups is 1. The summed E-state index contributed by atoms with van der Waals surface area (Å²) in [6.07, 6.45) is 0.801. The summed E-state index contributed by atoms with van der Waals surface area (Å²) in [7, 11) is 1.58. The third kappa shape index (κ3) is 6.73. The van der Waals surface area contributed by atoms with Crippen molar-refractivity contribution >= 4 is 23.7 Å². The van der Waals surface area contributed by atoms with E-state index in [1.807, 2.05) is 56.3 Å². The Hall–Kier alpha value is -3.51. The van der Waals surface area contributed by atoms with Crippen molar-refractivity contribution in [3.8, 4) is 17.2 Å². The summed E-state index contributed by atoms with van der Waals surface area (Å²) in [4.78, 5) is 12.4. The van der Waals surface area contributed by atoms with Gasteiger partial charge in [0.15, 0.2) is 17.6 Å². The average Bonchev–Trinajstić information content (AvgIpc) is 2.82. The molecule has 0 bridgehead atoms. The standard InChI is InChI=1S/C26H27ClN2O4/c1-17-12-22(13-18(2)25(17)27)33-19(3)26(30)29-28-15-21-10-11-23(24(14-21)31-4)32-16-20-8-6-5-7-9-20/h5-15,19H,16H2,1-4H3,(H,29,30). The lowest BCUT2D eigenvalue weighted by molar-refractivity contribution is -0.127. The van der Waals surface area contributed by atoms with Gasteiger partial charge in [-0.3, -0.25) is 4.79 Å². The third-order valence-corrected chi connectivity index (χ3v) is 5.50. The summed E-state index contributed by atoms with van der Waals surface area (Å²) in [6, 6.07) is 18.9. The maximum absolute atomic E-state index is 12.4. The number of nitrogens with one attached hydrogen (secondary N) is 1. The normalized spacial score (nSPS) is 11.8. The van der Waals surface area contributed by atoms with E-state index in [2.05, 4.69) is 10.5 Å². The summed E-state index contributed by atoms with van der Waals surface area (Å²) in [5, 5.41) is 4.72. The number of benzene rings is 3. The Morgan fingerprint density at radius 1 is 1.06 bits per heavy atom. The molecule has 0 aromatic heterocycles. The number of hydrogen-bond acceptors (Lipinski definition) is 5. The van der Waals surface area contributed by atoms with Crippen LogP contribution in [0.25, 0.3) is 0 Å². The van der Waals surface area contributed by atoms with Crippen LogP contribution >= 0.6 is 11.6 Å². The van der Waals surface area contributed by atoms with Gasteiger partial charge in [0.2, 0.25) is 0 Å². The highest BCUT2D eigenvalue weighted by Gasteiger charge is 2.15. The largest absolute Gasteiger partial charge is 0.493 e. The van der Waals surface area contributed by atoms with Crippen LogP contribution < -0.4 is 19.6 Å². The minimum absolute atomic E-state index is 0.369. The second kappa shape index (κ2) is 11.4. The smallest absolute Gasteiger partial charge is 0.280 e. The number of carbonyl (C=O) groups is 1. The Morgan fingerprint density at radius 3 is 2.42 bits per heavy atom. The predicted octanol–water partition coefficient (Wildman–Crippen LogP) is 5.46. The molecule has 0 saturated carbocycles. The van der Waals surface area contributed by atoms with E-state index < -0.39 is 6.10 Å². The van der Waals surface area contributed by atoms with E-state index in [9.17, 15) is 4.79 Å². The SMILES string of the molecule is COc1cc(C=NNC(=O)C(C)Oc2cc(C)c(Cl)c(C)c2)ccc1OCc1ccccc1. The molecule has 3 rings (SSSR count). The van der Waals surface area contributed by atoms with Gasteiger partial charge in [-0.15, -0.1) is 0 Å². The van der Waals surface area contributed by atoms with E-state index in [0.29, 0.717) is 28.9 Å². The predicted molar refractivity (Wildman–Crippen MR) is 131 cm³/mol. The third-order valence-electron chi connectivity index (χ3n) is 4.91. The number of methoxy groups -OCH3 is 1. The zero-order valence-corrected chi connectivity index (χ0v) is 19.8. The molecule has 1 atom stereocenters. The van der Waals surface area contributed by atoms with Crippen molar-refractivity contribution < 1.29 is 19.0 Å². The quantitative estimate of drug-likeness (QED) is 0.335. The molecule has 0 spiro atoms. The molecular formula is C26H27ClN2O4. The maximum Gasteiger partial charge on any atom is 0.280 e. The summed E-state index contributed by atoms with van der Waals surface area (Å²) < 4.78 is 17.0. The molecule has 1 amide bonds. The second-order valence-electron chi connectivity index (χ2n) is 7.55. The van der Waals surface area contributed by atoms with Crippen LogP contribution in [0.1, 0.15) is 29.2 Å². The van der Waals surface area contributed by atoms with Gasteiger partial charge in [-0.2, -0.15) is 5.10 Å². The molecule has 3 aromatic rings. The summed E-state index contributed by atoms with van der Waals surface area (Å²) in [6.45, 7) is 5.88. The first-order chi connectivity index (χ1) is 15.9. The van der Waals surface area contributed by atoms with Crippen molar-refractivity contribution in [2.45, 2.75) is 33.5 Å². The molecule has 0 fully saturated rings. The highest BCUT2D eigenvalue weighted by Crippen LogP contribution is 2.28. The highest BCUT2D eigenvalue weighted by atomic mass is 35.5. The first kappa shape index (κ1) is 24.1. The Labute approximate surface area is 199 Å². The Kier molecular flexibility index (Phi) is 8.33. The van der Waals surface area contributed by atoms with Gasteiger partial charge in [-0.05, 0) is 73.4 Å². The molecule has 0 radical (unpaired) electrons. The van der Waals surface area contributed by atoms with Crippen molar-refractivity contribution in [3.05, 3.63) is 87.9 Å². The molecule has 172 valence electrons. The van der Waals surface area contributed by atoms with Gasteiger partial charge in [0, 0.05) is 5.02 Å². The monoisotopic (exact) mass is 466 g/mol. The number of amides is 1. The Morgan fingerprint density at radius 2 is 1.76 bits per heavy atom. The molecular weight excluding hydrogens is 440 g/mol. The van der Waals surface area contributed by atoms with Crippen LogP contribution in [0.3, 0.4) is 0 Å². The van der Waals surface area contributed by atoms with Gasteiger partial charge < -0.3 is 14.2 Å². The minimum Gasteiger partial charge on any atom is -0.493 e. The van der Waals surface area contributed by atoms with Gasteiger partial charge in [-0.1, -0.05) is 41.9 Å². The van der Waals surface area contributed by atoms with Crippen molar-refractivity contribution in [1.82, 2.24) is 5.43 Å². The fourth-order valence-electron chi connectivity index (χ4n) is 3.11. The second-order valence-corrected chi connectivity index (χ2v) is 7.93. The van der Waals surface area contributed by atoms with Crippen LogP contribution in [-0.2, 0) is 11.4 Å². The lowest BCUT2D eigenvalue weighted by atomic mass is 10.1. The highest BCUT2D eigenvalue weighted by molar-refractivity contribution is 6.32. The van der Waals surface area contributed by atoms with Crippen molar-refractivity contribution in [1.29, 1.82) is 0 Å². The summed E-state index contributed by atoms with van der Waals surface area (Å²) in [5.41, 5.74) is 6.09. The molecule has 33 heavy (non-hydrogen) atoms. The fraction of sp³-hybridized carbons (Fsp3) is 0.231. The lowest BCUT2D eigenvalue weighted by Crippen LogP contribution is -2.33. The van der Waals surface area contributed by atoms with Crippen molar-refractivity contribution in [3.63, 3.8) is 0 Å². The van der Waals surface area contributed by atoms with E-state index in [-0.39, 0.29) is 5.91 Å². The summed E-state index contributed by atoms with van der Waals surface area (Å²) >= 11 is 6.18. The maximum atomic E-state index is 12.4. The van der Waals surface area contributed by atoms with E-state index in [1.165, 1.54) is 6.21 Å². The van der Waals surface area contributed by atoms with Crippen LogP contribution in [0.2, 0.25) is 5.02 Å². The van der Waals surface area contributed by atoms with Gasteiger partial charge >= 0.3 is 0 Å². The molecule has 0 aliphatic rings. The zero-order valence-electron chi connectivity index (χ0n) is 19.1. The molecule has 1 N–H and O–H groups in total. The molecule has 1 unspecified atom stereocenters. The minimum atomic E-state index is -0.731. The van der Waals surface area contributed by atoms with Gasteiger partial charge in [0.25, 0.3) is 5.91 Å². The number of hydrogen-bond donors (Lipinski definition) is 1. The first-order valence-electron chi connectivity index (χ1n) is 10.5. The first-order valence-corrected chi connectivity index (χ1v) is 10.9. The average molecular weight is 467 g/mol. The van der Waals surface area contributed by atoms with Crippen LogP contribution in [0.15, 0.2) is 65.8 Å². The van der Waals surface area contributed by atoms with E-state index >= 15 is 0 Å². The molecule has 0 saturated heterocycles. The topological polar surface area (TPSA) is 69.2 Å². The number of nitrogens with zero attached hydrogens (tertiary/aromatic N) is 1. The lowest BCUT2D eigenvalue weighted by Gasteiger charge is -2.15. The van der Waals surface area contributed by atoms with Crippen LogP contribution in [-0.4, -0.2) is 25.3 Å². The van der Waals surface area contributed by atoms with E-state index in [4.69, 9.17) is 25.8 Å². The number of aryl methyl sites for hydroxylation is 2. The van der Waals surface area contributed by atoms with Crippen LogP contribution in [0.4, 0.5) is 0 Å².